The molecule has 41 heavy (non-hydrogen) atoms. The molecule has 0 fully saturated rings. The number of benzene rings is 3. The molecule has 1 N–H and O–H groups in total. The molecule has 0 aliphatic rings. The second-order valence-corrected chi connectivity index (χ2v) is 12.2. The molecule has 3 aromatic carbocycles. The smallest absolute Gasteiger partial charge is 0.264 e. The van der Waals surface area contributed by atoms with E-state index in [-0.39, 0.29) is 23.0 Å². The molecular formula is C31H38ClN3O5S. The van der Waals surface area contributed by atoms with Gasteiger partial charge in [0, 0.05) is 18.1 Å². The molecule has 3 aromatic rings. The van der Waals surface area contributed by atoms with E-state index in [0.29, 0.717) is 22.9 Å². The Kier molecular flexibility index (Phi) is 11.2. The third-order valence-electron chi connectivity index (χ3n) is 6.84. The first-order chi connectivity index (χ1) is 19.5. The van der Waals surface area contributed by atoms with Gasteiger partial charge in [-0.25, -0.2) is 8.42 Å². The molecule has 0 unspecified atom stereocenters. The van der Waals surface area contributed by atoms with E-state index in [1.54, 1.807) is 57.4 Å². The molecule has 2 amide bonds. The Bertz CT molecular complexity index is 1440. The topological polar surface area (TPSA) is 96.0 Å². The van der Waals surface area contributed by atoms with Crippen LogP contribution in [-0.2, 0) is 26.2 Å². The molecule has 0 aliphatic heterocycles. The van der Waals surface area contributed by atoms with Gasteiger partial charge >= 0.3 is 0 Å². The monoisotopic (exact) mass is 599 g/mol. The van der Waals surface area contributed by atoms with Crippen molar-refractivity contribution in [3.63, 3.8) is 0 Å². The van der Waals surface area contributed by atoms with Gasteiger partial charge in [-0.3, -0.25) is 13.9 Å². The van der Waals surface area contributed by atoms with Gasteiger partial charge in [-0.15, -0.1) is 0 Å². The highest BCUT2D eigenvalue weighted by Crippen LogP contribution is 2.30. The summed E-state index contributed by atoms with van der Waals surface area (Å²) in [5.41, 5.74) is 2.58. The average molecular weight is 600 g/mol. The maximum absolute atomic E-state index is 14.0. The first-order valence-corrected chi connectivity index (χ1v) is 15.4. The molecule has 0 bridgehead atoms. The number of unbranched alkanes of at least 4 members (excludes halogenated alkanes) is 1. The lowest BCUT2D eigenvalue weighted by Gasteiger charge is -2.32. The van der Waals surface area contributed by atoms with Gasteiger partial charge in [0.15, 0.2) is 0 Å². The minimum absolute atomic E-state index is 0.0438. The van der Waals surface area contributed by atoms with Crippen molar-refractivity contribution in [2.24, 2.45) is 0 Å². The number of amides is 2. The summed E-state index contributed by atoms with van der Waals surface area (Å²) in [5.74, 6) is -0.190. The van der Waals surface area contributed by atoms with Gasteiger partial charge in [-0.2, -0.15) is 0 Å². The lowest BCUT2D eigenvalue weighted by atomic mass is 10.1. The van der Waals surface area contributed by atoms with Crippen molar-refractivity contribution in [2.45, 2.75) is 58.0 Å². The number of carbonyl (C=O) groups excluding carboxylic acids is 2. The van der Waals surface area contributed by atoms with Crippen LogP contribution in [0.5, 0.6) is 5.75 Å². The van der Waals surface area contributed by atoms with Crippen molar-refractivity contribution in [1.82, 2.24) is 10.2 Å². The van der Waals surface area contributed by atoms with Gasteiger partial charge < -0.3 is 15.0 Å². The van der Waals surface area contributed by atoms with Crippen LogP contribution in [0.2, 0.25) is 5.02 Å². The number of methoxy groups -OCH3 is 1. The van der Waals surface area contributed by atoms with Crippen LogP contribution in [0, 0.1) is 13.8 Å². The summed E-state index contributed by atoms with van der Waals surface area (Å²) < 4.78 is 34.3. The molecule has 0 aliphatic carbocycles. The minimum Gasteiger partial charge on any atom is -0.497 e. The van der Waals surface area contributed by atoms with Crippen molar-refractivity contribution in [3.05, 3.63) is 88.4 Å². The molecule has 0 saturated carbocycles. The number of sulfonamides is 1. The van der Waals surface area contributed by atoms with E-state index in [9.17, 15) is 18.0 Å². The number of carbonyl (C=O) groups is 2. The second kappa shape index (κ2) is 14.4. The maximum atomic E-state index is 14.0. The first-order valence-electron chi connectivity index (χ1n) is 13.5. The number of rotatable bonds is 13. The molecule has 0 saturated heterocycles. The highest BCUT2D eigenvalue weighted by molar-refractivity contribution is 7.92. The number of nitrogens with one attached hydrogen (secondary N) is 1. The lowest BCUT2D eigenvalue weighted by Crippen LogP contribution is -2.51. The fourth-order valence-corrected chi connectivity index (χ4v) is 5.89. The van der Waals surface area contributed by atoms with E-state index in [2.05, 4.69) is 5.32 Å². The van der Waals surface area contributed by atoms with Crippen molar-refractivity contribution >= 4 is 39.1 Å². The minimum atomic E-state index is -4.17. The second-order valence-electron chi connectivity index (χ2n) is 9.95. The standard InChI is InChI=1S/C31H38ClN3O5S/c1-6-7-18-33-31(37)24(4)34(20-25-11-14-27(40-5)15-12-25)30(36)21-35(29-19-26(32)13-10-23(29)3)41(38,39)28-16-8-22(2)9-17-28/h8-17,19,24H,6-7,18,20-21H2,1-5H3,(H,33,37)/t24-/m0/s1. The van der Waals surface area contributed by atoms with Crippen LogP contribution in [0.4, 0.5) is 5.69 Å². The Labute approximate surface area is 248 Å². The van der Waals surface area contributed by atoms with E-state index < -0.39 is 28.5 Å². The fraction of sp³-hybridized carbons (Fsp3) is 0.355. The van der Waals surface area contributed by atoms with Gasteiger partial charge in [-0.1, -0.05) is 60.8 Å². The van der Waals surface area contributed by atoms with Crippen molar-refractivity contribution in [2.75, 3.05) is 24.5 Å². The fourth-order valence-electron chi connectivity index (χ4n) is 4.25. The summed E-state index contributed by atoms with van der Waals surface area (Å²) >= 11 is 6.28. The summed E-state index contributed by atoms with van der Waals surface area (Å²) in [6.07, 6.45) is 1.72. The number of ether oxygens (including phenoxy) is 1. The van der Waals surface area contributed by atoms with Gasteiger partial charge in [0.25, 0.3) is 10.0 Å². The summed E-state index contributed by atoms with van der Waals surface area (Å²) in [7, 11) is -2.61. The molecule has 10 heteroatoms. The highest BCUT2D eigenvalue weighted by Gasteiger charge is 2.33. The van der Waals surface area contributed by atoms with Crippen LogP contribution in [-0.4, -0.2) is 51.4 Å². The summed E-state index contributed by atoms with van der Waals surface area (Å²) in [6.45, 7) is 7.34. The average Bonchev–Trinajstić information content (AvgIpc) is 2.96. The van der Waals surface area contributed by atoms with E-state index >= 15 is 0 Å². The number of anilines is 1. The zero-order chi connectivity index (χ0) is 30.2. The van der Waals surface area contributed by atoms with Crippen LogP contribution in [0.25, 0.3) is 0 Å². The predicted molar refractivity (Wildman–Crippen MR) is 163 cm³/mol. The first kappa shape index (κ1) is 32.0. The summed E-state index contributed by atoms with van der Waals surface area (Å²) in [4.78, 5) is 28.6. The molecule has 3 rings (SSSR count). The normalized spacial score (nSPS) is 12.0. The quantitative estimate of drug-likeness (QED) is 0.262. The van der Waals surface area contributed by atoms with Crippen molar-refractivity contribution in [3.8, 4) is 5.75 Å². The van der Waals surface area contributed by atoms with Crippen LogP contribution >= 0.6 is 11.6 Å². The zero-order valence-electron chi connectivity index (χ0n) is 24.2. The van der Waals surface area contributed by atoms with E-state index in [0.717, 1.165) is 28.3 Å². The molecule has 0 aromatic heterocycles. The third kappa shape index (κ3) is 8.24. The van der Waals surface area contributed by atoms with Crippen molar-refractivity contribution < 1.29 is 22.7 Å². The Morgan fingerprint density at radius 3 is 2.27 bits per heavy atom. The van der Waals surface area contributed by atoms with Crippen LogP contribution in [0.1, 0.15) is 43.4 Å². The summed E-state index contributed by atoms with van der Waals surface area (Å²) in [5, 5.41) is 3.22. The third-order valence-corrected chi connectivity index (χ3v) is 8.85. The van der Waals surface area contributed by atoms with E-state index in [1.165, 1.54) is 23.1 Å². The van der Waals surface area contributed by atoms with Crippen molar-refractivity contribution in [1.29, 1.82) is 0 Å². The largest absolute Gasteiger partial charge is 0.497 e. The van der Waals surface area contributed by atoms with Gasteiger partial charge in [0.05, 0.1) is 17.7 Å². The molecule has 0 heterocycles. The molecule has 220 valence electrons. The van der Waals surface area contributed by atoms with Crippen LogP contribution in [0.15, 0.2) is 71.6 Å². The number of nitrogens with zero attached hydrogens (tertiary/aromatic N) is 2. The Morgan fingerprint density at radius 1 is 1.00 bits per heavy atom. The Balaban J connectivity index is 2.03. The number of halogens is 1. The SMILES string of the molecule is CCCCNC(=O)[C@H](C)N(Cc1ccc(OC)cc1)C(=O)CN(c1cc(Cl)ccc1C)S(=O)(=O)c1ccc(C)cc1. The van der Waals surface area contributed by atoms with E-state index in [1.807, 2.05) is 26.0 Å². The number of hydrogen-bond donors (Lipinski definition) is 1. The molecule has 0 radical (unpaired) electrons. The predicted octanol–water partition coefficient (Wildman–Crippen LogP) is 5.49. The lowest BCUT2D eigenvalue weighted by molar-refractivity contribution is -0.139. The highest BCUT2D eigenvalue weighted by atomic mass is 35.5. The molecular weight excluding hydrogens is 562 g/mol. The van der Waals surface area contributed by atoms with Crippen LogP contribution < -0.4 is 14.4 Å². The van der Waals surface area contributed by atoms with Gasteiger partial charge in [-0.05, 0) is 74.7 Å². The summed E-state index contributed by atoms with van der Waals surface area (Å²) in [6, 6.07) is 17.6. The Morgan fingerprint density at radius 2 is 1.66 bits per heavy atom. The number of aryl methyl sites for hydroxylation is 2. The number of hydrogen-bond acceptors (Lipinski definition) is 5. The Hall–Kier alpha value is -3.56. The zero-order valence-corrected chi connectivity index (χ0v) is 25.8. The molecule has 8 nitrogen and oxygen atoms in total. The van der Waals surface area contributed by atoms with Crippen LogP contribution in [0.3, 0.4) is 0 Å². The van der Waals surface area contributed by atoms with E-state index in [4.69, 9.17) is 16.3 Å². The molecule has 0 spiro atoms. The molecule has 1 atom stereocenters. The maximum Gasteiger partial charge on any atom is 0.264 e. The van der Waals surface area contributed by atoms with Gasteiger partial charge in [0.1, 0.15) is 18.3 Å². The van der Waals surface area contributed by atoms with Gasteiger partial charge in [0.2, 0.25) is 11.8 Å².